The van der Waals surface area contributed by atoms with Crippen LogP contribution in [0, 0.1) is 35.8 Å². The first-order valence-electron chi connectivity index (χ1n) is 11.2. The smallest absolute Gasteiger partial charge is 0.289 e. The molecule has 0 saturated heterocycles. The van der Waals surface area contributed by atoms with Crippen LogP contribution >= 0.6 is 11.6 Å². The standard InChI is InChI=1S/C24H30ClN3O5S/c1-15-8-11-22(17(3)12-15)27(14-24(29)26-21-7-5-6-16(2)18(21)4)34(32,33)19-9-10-20(25)23(13-19)28(30)31/h8-13,16,18,21H,5-7,14H2,1-4H3,(H,26,29). The maximum Gasteiger partial charge on any atom is 0.289 e. The van der Waals surface area contributed by atoms with Crippen LogP contribution in [0.3, 0.4) is 0 Å². The summed E-state index contributed by atoms with van der Waals surface area (Å²) in [5.74, 6) is 0.327. The number of anilines is 1. The predicted molar refractivity (Wildman–Crippen MR) is 133 cm³/mol. The molecule has 3 unspecified atom stereocenters. The Kier molecular flexibility index (Phi) is 7.88. The largest absolute Gasteiger partial charge is 0.352 e. The van der Waals surface area contributed by atoms with Gasteiger partial charge in [0.1, 0.15) is 11.6 Å². The van der Waals surface area contributed by atoms with Crippen LogP contribution < -0.4 is 9.62 Å². The minimum Gasteiger partial charge on any atom is -0.352 e. The van der Waals surface area contributed by atoms with Gasteiger partial charge in [-0.3, -0.25) is 19.2 Å². The number of hydrogen-bond donors (Lipinski definition) is 1. The summed E-state index contributed by atoms with van der Waals surface area (Å²) in [6.07, 6.45) is 2.95. The second kappa shape index (κ2) is 10.3. The predicted octanol–water partition coefficient (Wildman–Crippen LogP) is 5.00. The molecule has 0 aromatic heterocycles. The van der Waals surface area contributed by atoms with E-state index in [9.17, 15) is 23.3 Å². The van der Waals surface area contributed by atoms with E-state index in [1.54, 1.807) is 19.1 Å². The average molecular weight is 508 g/mol. The highest BCUT2D eigenvalue weighted by atomic mass is 35.5. The summed E-state index contributed by atoms with van der Waals surface area (Å²) in [4.78, 5) is 23.4. The third-order valence-electron chi connectivity index (χ3n) is 6.66. The first-order valence-corrected chi connectivity index (χ1v) is 13.1. The van der Waals surface area contributed by atoms with Crippen molar-refractivity contribution < 1.29 is 18.1 Å². The zero-order valence-corrected chi connectivity index (χ0v) is 21.3. The summed E-state index contributed by atoms with van der Waals surface area (Å²) >= 11 is 5.88. The number of hydrogen-bond acceptors (Lipinski definition) is 5. The molecule has 3 atom stereocenters. The van der Waals surface area contributed by atoms with Gasteiger partial charge in [-0.15, -0.1) is 0 Å². The van der Waals surface area contributed by atoms with E-state index in [0.29, 0.717) is 17.2 Å². The van der Waals surface area contributed by atoms with Gasteiger partial charge in [0.2, 0.25) is 5.91 Å². The van der Waals surface area contributed by atoms with Crippen LogP contribution in [-0.4, -0.2) is 31.8 Å². The molecule has 184 valence electrons. The molecule has 8 nitrogen and oxygen atoms in total. The van der Waals surface area contributed by atoms with Gasteiger partial charge in [0, 0.05) is 12.1 Å². The second-order valence-electron chi connectivity index (χ2n) is 9.11. The first-order chi connectivity index (χ1) is 15.9. The van der Waals surface area contributed by atoms with Crippen molar-refractivity contribution in [1.29, 1.82) is 0 Å². The number of nitrogens with one attached hydrogen (secondary N) is 1. The van der Waals surface area contributed by atoms with Crippen LogP contribution in [0.5, 0.6) is 0 Å². The molecule has 0 bridgehead atoms. The van der Waals surface area contributed by atoms with Crippen molar-refractivity contribution in [2.45, 2.75) is 57.9 Å². The minimum atomic E-state index is -4.31. The molecule has 1 amide bonds. The monoisotopic (exact) mass is 507 g/mol. The number of carbonyl (C=O) groups excluding carboxylic acids is 1. The summed E-state index contributed by atoms with van der Waals surface area (Å²) in [5, 5.41) is 14.2. The van der Waals surface area contributed by atoms with Gasteiger partial charge in [0.25, 0.3) is 15.7 Å². The quantitative estimate of drug-likeness (QED) is 0.419. The van der Waals surface area contributed by atoms with Crippen LogP contribution in [0.1, 0.15) is 44.2 Å². The second-order valence-corrected chi connectivity index (χ2v) is 11.4. The number of carbonyl (C=O) groups is 1. The Hall–Kier alpha value is -2.65. The number of nitro groups is 1. The highest BCUT2D eigenvalue weighted by Crippen LogP contribution is 2.33. The van der Waals surface area contributed by atoms with Crippen molar-refractivity contribution >= 4 is 38.9 Å². The van der Waals surface area contributed by atoms with Gasteiger partial charge in [0.15, 0.2) is 0 Å². The lowest BCUT2D eigenvalue weighted by Gasteiger charge is -2.35. The zero-order valence-electron chi connectivity index (χ0n) is 19.7. The molecule has 0 heterocycles. The number of sulfonamides is 1. The number of amides is 1. The molecule has 1 fully saturated rings. The maximum absolute atomic E-state index is 13.7. The Morgan fingerprint density at radius 2 is 1.88 bits per heavy atom. The van der Waals surface area contributed by atoms with Crippen LogP contribution in [0.25, 0.3) is 0 Å². The molecule has 10 heteroatoms. The molecular formula is C24H30ClN3O5S. The van der Waals surface area contributed by atoms with E-state index in [1.165, 1.54) is 12.1 Å². The van der Waals surface area contributed by atoms with Crippen LogP contribution in [-0.2, 0) is 14.8 Å². The molecule has 0 aliphatic heterocycles. The van der Waals surface area contributed by atoms with Crippen molar-refractivity contribution in [3.8, 4) is 0 Å². The number of nitro benzene ring substituents is 1. The highest BCUT2D eigenvalue weighted by molar-refractivity contribution is 7.92. The van der Waals surface area contributed by atoms with E-state index in [-0.39, 0.29) is 21.9 Å². The van der Waals surface area contributed by atoms with Gasteiger partial charge in [-0.2, -0.15) is 0 Å². The average Bonchev–Trinajstić information content (AvgIpc) is 2.75. The molecule has 1 aliphatic carbocycles. The highest BCUT2D eigenvalue weighted by Gasteiger charge is 2.33. The number of aryl methyl sites for hydroxylation is 2. The van der Waals surface area contributed by atoms with Gasteiger partial charge in [-0.1, -0.05) is 56.0 Å². The number of rotatable bonds is 7. The third kappa shape index (κ3) is 5.52. The van der Waals surface area contributed by atoms with Crippen molar-refractivity contribution in [3.05, 3.63) is 62.7 Å². The Labute approximate surface area is 205 Å². The van der Waals surface area contributed by atoms with Crippen LogP contribution in [0.2, 0.25) is 5.02 Å². The third-order valence-corrected chi connectivity index (χ3v) is 8.74. The molecule has 2 aromatic carbocycles. The van der Waals surface area contributed by atoms with Gasteiger partial charge in [0.05, 0.1) is 15.5 Å². The van der Waals surface area contributed by atoms with E-state index in [1.807, 2.05) is 13.0 Å². The van der Waals surface area contributed by atoms with Crippen molar-refractivity contribution in [1.82, 2.24) is 5.32 Å². The van der Waals surface area contributed by atoms with Gasteiger partial charge in [-0.05, 0) is 55.9 Å². The van der Waals surface area contributed by atoms with E-state index in [2.05, 4.69) is 19.2 Å². The molecular weight excluding hydrogens is 478 g/mol. The molecule has 1 saturated carbocycles. The molecule has 2 aromatic rings. The Morgan fingerprint density at radius 1 is 1.18 bits per heavy atom. The maximum atomic E-state index is 13.7. The van der Waals surface area contributed by atoms with Gasteiger partial charge >= 0.3 is 0 Å². The fourth-order valence-corrected chi connectivity index (χ4v) is 6.17. The van der Waals surface area contributed by atoms with E-state index >= 15 is 0 Å². The van der Waals surface area contributed by atoms with Gasteiger partial charge < -0.3 is 5.32 Å². The summed E-state index contributed by atoms with van der Waals surface area (Å²) < 4.78 is 28.4. The Morgan fingerprint density at radius 3 is 2.53 bits per heavy atom. The fourth-order valence-electron chi connectivity index (χ4n) is 4.47. The normalized spacial score (nSPS) is 20.6. The number of nitrogens with zero attached hydrogens (tertiary/aromatic N) is 2. The summed E-state index contributed by atoms with van der Waals surface area (Å²) in [6.45, 7) is 7.46. The van der Waals surface area contributed by atoms with Crippen molar-refractivity contribution in [2.24, 2.45) is 11.8 Å². The van der Waals surface area contributed by atoms with Crippen molar-refractivity contribution in [2.75, 3.05) is 10.8 Å². The van der Waals surface area contributed by atoms with E-state index < -0.39 is 33.1 Å². The van der Waals surface area contributed by atoms with E-state index in [4.69, 9.17) is 11.6 Å². The topological polar surface area (TPSA) is 110 Å². The summed E-state index contributed by atoms with van der Waals surface area (Å²) in [6, 6.07) is 8.52. The fraction of sp³-hybridized carbons (Fsp3) is 0.458. The number of benzene rings is 2. The molecule has 3 rings (SSSR count). The van der Waals surface area contributed by atoms with Gasteiger partial charge in [-0.25, -0.2) is 8.42 Å². The van der Waals surface area contributed by atoms with Crippen LogP contribution in [0.4, 0.5) is 11.4 Å². The lowest BCUT2D eigenvalue weighted by atomic mass is 9.78. The Balaban J connectivity index is 2.00. The zero-order chi connectivity index (χ0) is 25.2. The summed E-state index contributed by atoms with van der Waals surface area (Å²) in [7, 11) is -4.31. The van der Waals surface area contributed by atoms with E-state index in [0.717, 1.165) is 35.2 Å². The molecule has 34 heavy (non-hydrogen) atoms. The SMILES string of the molecule is Cc1ccc(N(CC(=O)NC2CCCC(C)C2C)S(=O)(=O)c2ccc(Cl)c([N+](=O)[O-])c2)c(C)c1. The summed E-state index contributed by atoms with van der Waals surface area (Å²) in [5.41, 5.74) is 1.43. The molecule has 1 aliphatic rings. The lowest BCUT2D eigenvalue weighted by molar-refractivity contribution is -0.384. The lowest BCUT2D eigenvalue weighted by Crippen LogP contribution is -2.48. The van der Waals surface area contributed by atoms with Crippen molar-refractivity contribution in [3.63, 3.8) is 0 Å². The Bertz CT molecular complexity index is 1200. The number of halogens is 1. The molecule has 0 spiro atoms. The van der Waals surface area contributed by atoms with Crippen LogP contribution in [0.15, 0.2) is 41.3 Å². The first kappa shape index (κ1) is 26.0. The molecule has 0 radical (unpaired) electrons. The molecule has 1 N–H and O–H groups in total. The minimum absolute atomic E-state index is 0.0310.